The lowest BCUT2D eigenvalue weighted by molar-refractivity contribution is -0.384. The molecule has 0 fully saturated rings. The number of nitrogens with one attached hydrogen (secondary N) is 1. The molecule has 29 heavy (non-hydrogen) atoms. The summed E-state index contributed by atoms with van der Waals surface area (Å²) in [6.45, 7) is 1.50. The van der Waals surface area contributed by atoms with E-state index in [0.29, 0.717) is 5.69 Å². The summed E-state index contributed by atoms with van der Waals surface area (Å²) < 4.78 is 1.05. The second kappa shape index (κ2) is 8.14. The number of carbonyl (C=O) groups is 1. The van der Waals surface area contributed by atoms with Crippen LogP contribution < -0.4 is 10.9 Å². The fourth-order valence-electron chi connectivity index (χ4n) is 2.66. The second-order valence-corrected chi connectivity index (χ2v) is 6.13. The Morgan fingerprint density at radius 2 is 1.93 bits per heavy atom. The number of nitro groups is 1. The van der Waals surface area contributed by atoms with Crippen molar-refractivity contribution < 1.29 is 9.72 Å². The molecule has 3 rings (SSSR count). The number of carbonyl (C=O) groups excluding carboxylic acids is 1. The maximum atomic E-state index is 12.6. The number of nitriles is 1. The summed E-state index contributed by atoms with van der Waals surface area (Å²) in [5, 5.41) is 26.9. The Hall–Kier alpha value is -4.32. The number of nitrogens with zero attached hydrogens (tertiary/aromatic N) is 4. The molecule has 0 bridgehead atoms. The zero-order chi connectivity index (χ0) is 21.0. The highest BCUT2D eigenvalue weighted by molar-refractivity contribution is 5.94. The Morgan fingerprint density at radius 3 is 2.59 bits per heavy atom. The topological polar surface area (TPSA) is 131 Å². The van der Waals surface area contributed by atoms with Gasteiger partial charge in [-0.3, -0.25) is 19.7 Å². The average Bonchev–Trinajstić information content (AvgIpc) is 2.74. The maximum absolute atomic E-state index is 12.6. The third kappa shape index (κ3) is 4.17. The molecule has 0 spiro atoms. The lowest BCUT2D eigenvalue weighted by Crippen LogP contribution is -2.33. The van der Waals surface area contributed by atoms with Gasteiger partial charge in [-0.1, -0.05) is 30.3 Å². The Bertz CT molecular complexity index is 1180. The first-order valence-corrected chi connectivity index (χ1v) is 8.55. The van der Waals surface area contributed by atoms with E-state index in [1.165, 1.54) is 25.1 Å². The highest BCUT2D eigenvalue weighted by Gasteiger charge is 2.20. The van der Waals surface area contributed by atoms with Crippen molar-refractivity contribution in [2.24, 2.45) is 0 Å². The summed E-state index contributed by atoms with van der Waals surface area (Å²) in [6, 6.07) is 16.4. The fourth-order valence-corrected chi connectivity index (χ4v) is 2.66. The highest BCUT2D eigenvalue weighted by atomic mass is 16.6. The molecule has 0 aliphatic heterocycles. The Kier molecular flexibility index (Phi) is 5.46. The van der Waals surface area contributed by atoms with E-state index in [0.717, 1.165) is 16.3 Å². The van der Waals surface area contributed by atoms with E-state index in [1.54, 1.807) is 6.07 Å². The average molecular weight is 389 g/mol. The Morgan fingerprint density at radius 1 is 1.21 bits per heavy atom. The minimum atomic E-state index is -0.979. The van der Waals surface area contributed by atoms with Gasteiger partial charge in [0.1, 0.15) is 12.1 Å². The van der Waals surface area contributed by atoms with E-state index < -0.39 is 22.4 Å². The molecule has 0 radical (unpaired) electrons. The maximum Gasteiger partial charge on any atom is 0.270 e. The third-order valence-corrected chi connectivity index (χ3v) is 4.23. The largest absolute Gasteiger partial charge is 0.323 e. The Labute approximate surface area is 165 Å². The van der Waals surface area contributed by atoms with Gasteiger partial charge in [-0.05, 0) is 19.1 Å². The van der Waals surface area contributed by atoms with E-state index in [2.05, 4.69) is 10.4 Å². The van der Waals surface area contributed by atoms with Crippen LogP contribution in [0, 0.1) is 21.4 Å². The molecule has 0 aliphatic carbocycles. The SMILES string of the molecule is CC(C(=O)Nc1ccc([N+](=O)[O-])cc1C#N)n1nc(-c2ccccc2)ccc1=O. The van der Waals surface area contributed by atoms with Crippen LogP contribution in [0.2, 0.25) is 0 Å². The predicted molar refractivity (Wildman–Crippen MR) is 105 cm³/mol. The molecule has 9 heteroatoms. The zero-order valence-electron chi connectivity index (χ0n) is 15.3. The van der Waals surface area contributed by atoms with Crippen LogP contribution in [0.1, 0.15) is 18.5 Å². The van der Waals surface area contributed by atoms with Gasteiger partial charge in [0, 0.05) is 23.8 Å². The molecule has 3 aromatic rings. The van der Waals surface area contributed by atoms with E-state index in [1.807, 2.05) is 36.4 Å². The molecule has 1 aromatic heterocycles. The van der Waals surface area contributed by atoms with Crippen LogP contribution in [0.25, 0.3) is 11.3 Å². The van der Waals surface area contributed by atoms with Crippen LogP contribution in [0.4, 0.5) is 11.4 Å². The van der Waals surface area contributed by atoms with Crippen LogP contribution in [0.3, 0.4) is 0 Å². The molecule has 2 aromatic carbocycles. The number of benzene rings is 2. The van der Waals surface area contributed by atoms with Crippen LogP contribution in [0.5, 0.6) is 0 Å². The molecule has 144 valence electrons. The fraction of sp³-hybridized carbons (Fsp3) is 0.100. The number of rotatable bonds is 5. The van der Waals surface area contributed by atoms with Crippen molar-refractivity contribution in [2.45, 2.75) is 13.0 Å². The van der Waals surface area contributed by atoms with Crippen molar-refractivity contribution in [3.05, 3.63) is 86.7 Å². The zero-order valence-corrected chi connectivity index (χ0v) is 15.3. The van der Waals surface area contributed by atoms with Gasteiger partial charge < -0.3 is 5.32 Å². The molecule has 1 heterocycles. The van der Waals surface area contributed by atoms with Crippen molar-refractivity contribution >= 4 is 17.3 Å². The van der Waals surface area contributed by atoms with Crippen molar-refractivity contribution in [3.63, 3.8) is 0 Å². The number of hydrogen-bond donors (Lipinski definition) is 1. The molecule has 9 nitrogen and oxygen atoms in total. The van der Waals surface area contributed by atoms with Gasteiger partial charge in [0.2, 0.25) is 5.91 Å². The Balaban J connectivity index is 1.89. The molecule has 1 unspecified atom stereocenters. The minimum Gasteiger partial charge on any atom is -0.323 e. The quantitative estimate of drug-likeness (QED) is 0.527. The number of hydrogen-bond acceptors (Lipinski definition) is 6. The van der Waals surface area contributed by atoms with E-state index >= 15 is 0 Å². The smallest absolute Gasteiger partial charge is 0.270 e. The summed E-state index contributed by atoms with van der Waals surface area (Å²) in [7, 11) is 0. The standard InChI is InChI=1S/C20H15N5O4/c1-13(20(27)22-17-8-7-16(25(28)29)11-15(17)12-21)24-19(26)10-9-18(23-24)14-5-3-2-4-6-14/h2-11,13H,1H3,(H,22,27). The molecule has 0 saturated heterocycles. The summed E-state index contributed by atoms with van der Waals surface area (Å²) >= 11 is 0. The number of non-ortho nitro benzene ring substituents is 1. The third-order valence-electron chi connectivity index (χ3n) is 4.23. The highest BCUT2D eigenvalue weighted by Crippen LogP contribution is 2.22. The number of aromatic nitrogens is 2. The summed E-state index contributed by atoms with van der Waals surface area (Å²) in [5.74, 6) is -0.588. The molecule has 0 aliphatic rings. The van der Waals surface area contributed by atoms with E-state index in [4.69, 9.17) is 0 Å². The molecule has 1 atom stereocenters. The molecule has 0 saturated carbocycles. The van der Waals surface area contributed by atoms with Gasteiger partial charge in [-0.25, -0.2) is 4.68 Å². The molecule has 1 N–H and O–H groups in total. The minimum absolute atomic E-state index is 0.0573. The van der Waals surface area contributed by atoms with Crippen LogP contribution in [-0.2, 0) is 4.79 Å². The van der Waals surface area contributed by atoms with E-state index in [-0.39, 0.29) is 16.9 Å². The monoisotopic (exact) mass is 389 g/mol. The van der Waals surface area contributed by atoms with Gasteiger partial charge in [0.15, 0.2) is 0 Å². The first-order valence-electron chi connectivity index (χ1n) is 8.55. The first-order chi connectivity index (χ1) is 13.9. The summed E-state index contributed by atoms with van der Waals surface area (Å²) in [6.07, 6.45) is 0. The molecular weight excluding hydrogens is 374 g/mol. The number of amides is 1. The predicted octanol–water partition coefficient (Wildman–Crippen LogP) is 2.89. The van der Waals surface area contributed by atoms with Crippen molar-refractivity contribution in [2.75, 3.05) is 5.32 Å². The van der Waals surface area contributed by atoms with Crippen molar-refractivity contribution in [1.82, 2.24) is 9.78 Å². The number of nitro benzene ring substituents is 1. The van der Waals surface area contributed by atoms with Gasteiger partial charge in [-0.15, -0.1) is 0 Å². The van der Waals surface area contributed by atoms with Gasteiger partial charge in [0.25, 0.3) is 11.2 Å². The normalized spacial score (nSPS) is 11.3. The van der Waals surface area contributed by atoms with Crippen molar-refractivity contribution in [3.8, 4) is 17.3 Å². The van der Waals surface area contributed by atoms with Crippen LogP contribution in [0.15, 0.2) is 65.5 Å². The van der Waals surface area contributed by atoms with Crippen LogP contribution in [-0.4, -0.2) is 20.6 Å². The summed E-state index contributed by atoms with van der Waals surface area (Å²) in [5.41, 5.74) is 0.645. The van der Waals surface area contributed by atoms with E-state index in [9.17, 15) is 25.0 Å². The first kappa shape index (κ1) is 19.4. The second-order valence-electron chi connectivity index (χ2n) is 6.13. The number of anilines is 1. The van der Waals surface area contributed by atoms with Gasteiger partial charge in [-0.2, -0.15) is 10.4 Å². The lowest BCUT2D eigenvalue weighted by atomic mass is 10.1. The molecular formula is C20H15N5O4. The molecule has 1 amide bonds. The van der Waals surface area contributed by atoms with Crippen LogP contribution >= 0.6 is 0 Å². The van der Waals surface area contributed by atoms with Crippen molar-refractivity contribution in [1.29, 1.82) is 5.26 Å². The lowest BCUT2D eigenvalue weighted by Gasteiger charge is -2.15. The summed E-state index contributed by atoms with van der Waals surface area (Å²) in [4.78, 5) is 35.1. The van der Waals surface area contributed by atoms with Gasteiger partial charge >= 0.3 is 0 Å². The van der Waals surface area contributed by atoms with Gasteiger partial charge in [0.05, 0.1) is 21.9 Å².